The molecule has 6 nitrogen and oxygen atoms in total. The Bertz CT molecular complexity index is 597. The van der Waals surface area contributed by atoms with Gasteiger partial charge in [-0.05, 0) is 18.2 Å². The predicted molar refractivity (Wildman–Crippen MR) is 70.0 cm³/mol. The summed E-state index contributed by atoms with van der Waals surface area (Å²) in [6.45, 7) is 1.90. The molecule has 0 unspecified atom stereocenters. The van der Waals surface area contributed by atoms with E-state index in [4.69, 9.17) is 16.7 Å². The van der Waals surface area contributed by atoms with Crippen LogP contribution < -0.4 is 5.32 Å². The molecule has 0 saturated carbocycles. The van der Waals surface area contributed by atoms with Gasteiger partial charge in [0.2, 0.25) is 10.0 Å². The molecule has 1 aromatic carbocycles. The number of carbonyl (C=O) groups is 1. The number of benzene rings is 1. The molecule has 1 heterocycles. The van der Waals surface area contributed by atoms with Crippen molar-refractivity contribution in [3.63, 3.8) is 0 Å². The Balaban J connectivity index is 2.40. The first-order valence-corrected chi connectivity index (χ1v) is 7.48. The largest absolute Gasteiger partial charge is 0.478 e. The van der Waals surface area contributed by atoms with Gasteiger partial charge in [-0.2, -0.15) is 4.31 Å². The number of aromatic carboxylic acids is 1. The predicted octanol–water partition coefficient (Wildman–Crippen LogP) is 0.632. The van der Waals surface area contributed by atoms with Gasteiger partial charge in [-0.15, -0.1) is 0 Å². The van der Waals surface area contributed by atoms with Crippen molar-refractivity contribution in [2.45, 2.75) is 4.90 Å². The van der Waals surface area contributed by atoms with Crippen molar-refractivity contribution in [3.05, 3.63) is 28.8 Å². The lowest BCUT2D eigenvalue weighted by molar-refractivity contribution is 0.0697. The van der Waals surface area contributed by atoms with Gasteiger partial charge in [-0.3, -0.25) is 0 Å². The Morgan fingerprint density at radius 1 is 1.32 bits per heavy atom. The van der Waals surface area contributed by atoms with Gasteiger partial charge in [0.1, 0.15) is 0 Å². The van der Waals surface area contributed by atoms with Crippen LogP contribution in [0.4, 0.5) is 0 Å². The smallest absolute Gasteiger partial charge is 0.337 e. The van der Waals surface area contributed by atoms with Gasteiger partial charge in [-0.25, -0.2) is 13.2 Å². The van der Waals surface area contributed by atoms with Crippen LogP contribution in [0.1, 0.15) is 10.4 Å². The fourth-order valence-electron chi connectivity index (χ4n) is 1.86. The van der Waals surface area contributed by atoms with Crippen LogP contribution in [0.25, 0.3) is 0 Å². The van der Waals surface area contributed by atoms with Crippen molar-refractivity contribution < 1.29 is 18.3 Å². The zero-order valence-corrected chi connectivity index (χ0v) is 11.5. The third-order valence-corrected chi connectivity index (χ3v) is 5.11. The second-order valence-corrected chi connectivity index (χ2v) is 6.45. The molecule has 0 aliphatic carbocycles. The Labute approximate surface area is 116 Å². The lowest BCUT2D eigenvalue weighted by Gasteiger charge is -2.26. The number of piperazine rings is 1. The van der Waals surface area contributed by atoms with E-state index in [0.717, 1.165) is 6.07 Å². The van der Waals surface area contributed by atoms with E-state index in [2.05, 4.69) is 5.32 Å². The zero-order valence-electron chi connectivity index (χ0n) is 9.97. The topological polar surface area (TPSA) is 86.7 Å². The van der Waals surface area contributed by atoms with Crippen molar-refractivity contribution in [1.29, 1.82) is 0 Å². The quantitative estimate of drug-likeness (QED) is 0.855. The molecule has 1 aliphatic heterocycles. The van der Waals surface area contributed by atoms with Crippen LogP contribution in [0.3, 0.4) is 0 Å². The third kappa shape index (κ3) is 2.89. The highest BCUT2D eigenvalue weighted by atomic mass is 35.5. The first-order chi connectivity index (χ1) is 8.93. The number of sulfonamides is 1. The van der Waals surface area contributed by atoms with E-state index in [1.807, 2.05) is 0 Å². The summed E-state index contributed by atoms with van der Waals surface area (Å²) in [4.78, 5) is 10.9. The summed E-state index contributed by atoms with van der Waals surface area (Å²) in [5.74, 6) is -1.25. The maximum atomic E-state index is 12.3. The number of nitrogens with one attached hydrogen (secondary N) is 1. The highest BCUT2D eigenvalue weighted by molar-refractivity contribution is 7.89. The van der Waals surface area contributed by atoms with Gasteiger partial charge in [0.15, 0.2) is 0 Å². The van der Waals surface area contributed by atoms with Crippen molar-refractivity contribution in [2.75, 3.05) is 26.2 Å². The summed E-state index contributed by atoms with van der Waals surface area (Å²) in [6, 6.07) is 3.72. The molecule has 0 bridgehead atoms. The van der Waals surface area contributed by atoms with Crippen molar-refractivity contribution in [1.82, 2.24) is 9.62 Å². The summed E-state index contributed by atoms with van der Waals surface area (Å²) in [5, 5.41) is 12.0. The van der Waals surface area contributed by atoms with Crippen LogP contribution in [-0.2, 0) is 10.0 Å². The molecule has 8 heteroatoms. The van der Waals surface area contributed by atoms with Crippen molar-refractivity contribution >= 4 is 27.6 Å². The minimum atomic E-state index is -3.66. The van der Waals surface area contributed by atoms with Crippen LogP contribution in [0.15, 0.2) is 23.1 Å². The number of rotatable bonds is 3. The molecule has 2 rings (SSSR count). The standard InChI is InChI=1S/C11H13ClN2O4S/c12-10-2-1-8(7-9(10)11(15)16)19(17,18)14-5-3-13-4-6-14/h1-2,7,13H,3-6H2,(H,15,16). The van der Waals surface area contributed by atoms with Gasteiger partial charge < -0.3 is 10.4 Å². The Kier molecular flexibility index (Phi) is 4.10. The number of halogens is 1. The molecule has 1 saturated heterocycles. The van der Waals surface area contributed by atoms with Crippen LogP contribution in [0.2, 0.25) is 5.02 Å². The van der Waals surface area contributed by atoms with E-state index in [1.165, 1.54) is 16.4 Å². The normalized spacial score (nSPS) is 17.3. The SMILES string of the molecule is O=C(O)c1cc(S(=O)(=O)N2CCNCC2)ccc1Cl. The fourth-order valence-corrected chi connectivity index (χ4v) is 3.53. The average Bonchev–Trinajstić information content (AvgIpc) is 2.39. The highest BCUT2D eigenvalue weighted by Gasteiger charge is 2.27. The van der Waals surface area contributed by atoms with E-state index in [9.17, 15) is 13.2 Å². The van der Waals surface area contributed by atoms with E-state index >= 15 is 0 Å². The summed E-state index contributed by atoms with van der Waals surface area (Å²) in [7, 11) is -3.66. The van der Waals surface area contributed by atoms with Crippen LogP contribution in [0.5, 0.6) is 0 Å². The molecule has 19 heavy (non-hydrogen) atoms. The van der Waals surface area contributed by atoms with Crippen LogP contribution in [-0.4, -0.2) is 50.0 Å². The summed E-state index contributed by atoms with van der Waals surface area (Å²) in [6.07, 6.45) is 0. The van der Waals surface area contributed by atoms with Gasteiger partial charge in [-0.1, -0.05) is 11.6 Å². The van der Waals surface area contributed by atoms with E-state index in [0.29, 0.717) is 26.2 Å². The third-order valence-electron chi connectivity index (χ3n) is 2.88. The van der Waals surface area contributed by atoms with Gasteiger partial charge in [0.05, 0.1) is 15.5 Å². The molecule has 0 spiro atoms. The van der Waals surface area contributed by atoms with E-state index < -0.39 is 16.0 Å². The minimum absolute atomic E-state index is 0.0201. The summed E-state index contributed by atoms with van der Waals surface area (Å²) >= 11 is 5.73. The Morgan fingerprint density at radius 3 is 2.53 bits per heavy atom. The maximum absolute atomic E-state index is 12.3. The number of nitrogens with zero attached hydrogens (tertiary/aromatic N) is 1. The first-order valence-electron chi connectivity index (χ1n) is 5.66. The second kappa shape index (κ2) is 5.46. The first kappa shape index (κ1) is 14.3. The lowest BCUT2D eigenvalue weighted by Crippen LogP contribution is -2.46. The highest BCUT2D eigenvalue weighted by Crippen LogP contribution is 2.23. The number of carboxylic acids is 1. The van der Waals surface area contributed by atoms with E-state index in [-0.39, 0.29) is 15.5 Å². The maximum Gasteiger partial charge on any atom is 0.337 e. The number of carboxylic acid groups (broad SMARTS) is 1. The summed E-state index contributed by atoms with van der Waals surface area (Å²) < 4.78 is 26.0. The monoisotopic (exact) mass is 304 g/mol. The fraction of sp³-hybridized carbons (Fsp3) is 0.364. The van der Waals surface area contributed by atoms with Crippen LogP contribution >= 0.6 is 11.6 Å². The lowest BCUT2D eigenvalue weighted by atomic mass is 10.2. The van der Waals surface area contributed by atoms with Gasteiger partial charge in [0, 0.05) is 26.2 Å². The van der Waals surface area contributed by atoms with Crippen molar-refractivity contribution in [2.24, 2.45) is 0 Å². The number of hydrogen-bond donors (Lipinski definition) is 2. The molecule has 1 aromatic rings. The van der Waals surface area contributed by atoms with Gasteiger partial charge >= 0.3 is 5.97 Å². The van der Waals surface area contributed by atoms with E-state index in [1.54, 1.807) is 0 Å². The Morgan fingerprint density at radius 2 is 1.95 bits per heavy atom. The Hall–Kier alpha value is -1.15. The summed E-state index contributed by atoms with van der Waals surface area (Å²) in [5.41, 5.74) is -0.210. The molecule has 1 aliphatic rings. The van der Waals surface area contributed by atoms with Crippen LogP contribution in [0, 0.1) is 0 Å². The zero-order chi connectivity index (χ0) is 14.0. The molecule has 0 radical (unpaired) electrons. The van der Waals surface area contributed by atoms with Gasteiger partial charge in [0.25, 0.3) is 0 Å². The molecule has 0 atom stereocenters. The van der Waals surface area contributed by atoms with Crippen molar-refractivity contribution in [3.8, 4) is 0 Å². The molecular formula is C11H13ClN2O4S. The molecule has 1 fully saturated rings. The number of hydrogen-bond acceptors (Lipinski definition) is 4. The molecule has 0 amide bonds. The minimum Gasteiger partial charge on any atom is -0.478 e. The molecule has 0 aromatic heterocycles. The second-order valence-electron chi connectivity index (χ2n) is 4.10. The molecular weight excluding hydrogens is 292 g/mol. The molecule has 2 N–H and O–H groups in total. The average molecular weight is 305 g/mol. The molecule has 104 valence electrons.